The van der Waals surface area contributed by atoms with Gasteiger partial charge in [-0.3, -0.25) is 9.89 Å². The Hall–Kier alpha value is -2.46. The lowest BCUT2D eigenvalue weighted by atomic mass is 10.2. The van der Waals surface area contributed by atoms with Crippen LogP contribution in [0.2, 0.25) is 0 Å². The van der Waals surface area contributed by atoms with E-state index in [1.54, 1.807) is 11.0 Å². The van der Waals surface area contributed by atoms with Crippen molar-refractivity contribution >= 4 is 29.9 Å². The maximum absolute atomic E-state index is 4.38. The van der Waals surface area contributed by atoms with Gasteiger partial charge in [-0.05, 0) is 42.6 Å². The number of benzene rings is 2. The Balaban J connectivity index is 0.00000272. The number of halogens is 1. The lowest BCUT2D eigenvalue weighted by Gasteiger charge is -2.25. The third-order valence-electron chi connectivity index (χ3n) is 5.54. The number of nitrogens with one attached hydrogen (secondary N) is 2. The molecular weight excluding hydrogens is 501 g/mol. The van der Waals surface area contributed by atoms with Crippen LogP contribution in [0.25, 0.3) is 5.69 Å². The van der Waals surface area contributed by atoms with E-state index in [2.05, 4.69) is 73.1 Å². The van der Waals surface area contributed by atoms with Gasteiger partial charge in [0.15, 0.2) is 5.96 Å². The summed E-state index contributed by atoms with van der Waals surface area (Å²) in [5, 5.41) is 11.1. The van der Waals surface area contributed by atoms with Crippen molar-refractivity contribution in [1.82, 2.24) is 30.3 Å². The van der Waals surface area contributed by atoms with Crippen molar-refractivity contribution in [2.24, 2.45) is 4.99 Å². The van der Waals surface area contributed by atoms with E-state index in [4.69, 9.17) is 0 Å². The van der Waals surface area contributed by atoms with Crippen molar-refractivity contribution in [1.29, 1.82) is 0 Å². The summed E-state index contributed by atoms with van der Waals surface area (Å²) < 4.78 is 1.75. The molecule has 1 fully saturated rings. The summed E-state index contributed by atoms with van der Waals surface area (Å²) in [6.45, 7) is 3.79. The third kappa shape index (κ3) is 6.51. The zero-order chi connectivity index (χ0) is 20.6. The summed E-state index contributed by atoms with van der Waals surface area (Å²) >= 11 is 0. The highest BCUT2D eigenvalue weighted by Gasteiger charge is 2.24. The Kier molecular flexibility index (Phi) is 8.84. The number of rotatable bonds is 7. The molecule has 2 N–H and O–H groups in total. The summed E-state index contributed by atoms with van der Waals surface area (Å²) in [6.07, 6.45) is 5.71. The molecular formula is C23H30IN7. The molecule has 0 spiro atoms. The van der Waals surface area contributed by atoms with Crippen molar-refractivity contribution in [2.75, 3.05) is 20.1 Å². The van der Waals surface area contributed by atoms with Gasteiger partial charge in [-0.15, -0.1) is 24.0 Å². The zero-order valence-electron chi connectivity index (χ0n) is 17.8. The lowest BCUT2D eigenvalue weighted by molar-refractivity contribution is 0.245. The molecule has 4 rings (SSSR count). The van der Waals surface area contributed by atoms with Gasteiger partial charge in [0.1, 0.15) is 12.7 Å². The highest BCUT2D eigenvalue weighted by Crippen LogP contribution is 2.19. The SMILES string of the molecule is CN=C(NCc1ccc(-n2cncn2)cc1)NCC1CCCN1Cc1ccccc1.I. The fraction of sp³-hybridized carbons (Fsp3) is 0.348. The summed E-state index contributed by atoms with van der Waals surface area (Å²) in [5.74, 6) is 0.835. The minimum Gasteiger partial charge on any atom is -0.355 e. The van der Waals surface area contributed by atoms with E-state index in [0.29, 0.717) is 6.04 Å². The van der Waals surface area contributed by atoms with Gasteiger partial charge in [0.05, 0.1) is 5.69 Å². The zero-order valence-corrected chi connectivity index (χ0v) is 20.1. The Morgan fingerprint density at radius 3 is 2.58 bits per heavy atom. The summed E-state index contributed by atoms with van der Waals surface area (Å²) in [7, 11) is 1.82. The molecule has 0 amide bonds. The molecule has 0 bridgehead atoms. The number of guanidine groups is 1. The molecule has 2 aromatic carbocycles. The van der Waals surface area contributed by atoms with Crippen LogP contribution >= 0.6 is 24.0 Å². The maximum atomic E-state index is 4.38. The number of nitrogens with zero attached hydrogens (tertiary/aromatic N) is 5. The number of aliphatic imine (C=N–C) groups is 1. The summed E-state index contributed by atoms with van der Waals surface area (Å²) in [6, 6.07) is 19.5. The van der Waals surface area contributed by atoms with Crippen LogP contribution in [0.5, 0.6) is 0 Å². The number of hydrogen-bond donors (Lipinski definition) is 2. The van der Waals surface area contributed by atoms with Crippen molar-refractivity contribution < 1.29 is 0 Å². The van der Waals surface area contributed by atoms with E-state index in [0.717, 1.165) is 37.8 Å². The first-order valence-corrected chi connectivity index (χ1v) is 10.5. The lowest BCUT2D eigenvalue weighted by Crippen LogP contribution is -2.44. The van der Waals surface area contributed by atoms with Gasteiger partial charge < -0.3 is 10.6 Å². The Morgan fingerprint density at radius 2 is 1.87 bits per heavy atom. The van der Waals surface area contributed by atoms with Crippen LogP contribution in [-0.4, -0.2) is 51.8 Å². The van der Waals surface area contributed by atoms with Crippen LogP contribution in [0.1, 0.15) is 24.0 Å². The van der Waals surface area contributed by atoms with Crippen LogP contribution in [0.4, 0.5) is 0 Å². The average Bonchev–Trinajstić information content (AvgIpc) is 3.48. The quantitative estimate of drug-likeness (QED) is 0.279. The first-order valence-electron chi connectivity index (χ1n) is 10.5. The van der Waals surface area contributed by atoms with Crippen LogP contribution in [-0.2, 0) is 13.1 Å². The molecule has 0 aliphatic carbocycles. The Labute approximate surface area is 201 Å². The summed E-state index contributed by atoms with van der Waals surface area (Å²) in [4.78, 5) is 10.9. The second kappa shape index (κ2) is 11.8. The van der Waals surface area contributed by atoms with Crippen LogP contribution in [0.3, 0.4) is 0 Å². The first-order chi connectivity index (χ1) is 14.8. The van der Waals surface area contributed by atoms with E-state index < -0.39 is 0 Å². The monoisotopic (exact) mass is 531 g/mol. The van der Waals surface area contributed by atoms with Gasteiger partial charge in [0.25, 0.3) is 0 Å². The molecule has 164 valence electrons. The Morgan fingerprint density at radius 1 is 1.06 bits per heavy atom. The molecule has 31 heavy (non-hydrogen) atoms. The van der Waals surface area contributed by atoms with Gasteiger partial charge in [0.2, 0.25) is 0 Å². The minimum absolute atomic E-state index is 0. The smallest absolute Gasteiger partial charge is 0.191 e. The van der Waals surface area contributed by atoms with Gasteiger partial charge in [0, 0.05) is 32.7 Å². The van der Waals surface area contributed by atoms with E-state index in [1.165, 1.54) is 30.3 Å². The molecule has 0 radical (unpaired) electrons. The molecule has 1 saturated heterocycles. The molecule has 1 aliphatic rings. The van der Waals surface area contributed by atoms with E-state index in [1.807, 2.05) is 19.2 Å². The molecule has 1 aliphatic heterocycles. The van der Waals surface area contributed by atoms with Crippen molar-refractivity contribution in [2.45, 2.75) is 32.0 Å². The van der Waals surface area contributed by atoms with Gasteiger partial charge in [-0.2, -0.15) is 5.10 Å². The first kappa shape index (κ1) is 23.2. The highest BCUT2D eigenvalue weighted by molar-refractivity contribution is 14.0. The van der Waals surface area contributed by atoms with Gasteiger partial charge >= 0.3 is 0 Å². The number of hydrogen-bond acceptors (Lipinski definition) is 4. The molecule has 2 heterocycles. The molecule has 0 saturated carbocycles. The van der Waals surface area contributed by atoms with Crippen LogP contribution in [0, 0.1) is 0 Å². The molecule has 1 atom stereocenters. The summed E-state index contributed by atoms with van der Waals surface area (Å²) in [5.41, 5.74) is 3.56. The van der Waals surface area contributed by atoms with Gasteiger partial charge in [-0.1, -0.05) is 42.5 Å². The molecule has 1 unspecified atom stereocenters. The van der Waals surface area contributed by atoms with Crippen molar-refractivity contribution in [3.8, 4) is 5.69 Å². The predicted octanol–water partition coefficient (Wildman–Crippen LogP) is 3.21. The molecule has 3 aromatic rings. The minimum atomic E-state index is 0. The number of likely N-dealkylation sites (tertiary alicyclic amines) is 1. The average molecular weight is 531 g/mol. The van der Waals surface area contributed by atoms with Crippen LogP contribution < -0.4 is 10.6 Å². The van der Waals surface area contributed by atoms with E-state index in [9.17, 15) is 0 Å². The second-order valence-corrected chi connectivity index (χ2v) is 7.57. The molecule has 8 heteroatoms. The fourth-order valence-corrected chi connectivity index (χ4v) is 3.88. The van der Waals surface area contributed by atoms with E-state index >= 15 is 0 Å². The highest BCUT2D eigenvalue weighted by atomic mass is 127. The number of aromatic nitrogens is 3. The normalized spacial score (nSPS) is 16.7. The molecule has 1 aromatic heterocycles. The topological polar surface area (TPSA) is 70.4 Å². The maximum Gasteiger partial charge on any atom is 0.191 e. The standard InChI is InChI=1S/C23H29N7.HI/c1-24-23(26-14-19-9-11-21(12-10-19)30-18-25-17-28-30)27-15-22-8-5-13-29(22)16-20-6-3-2-4-7-20;/h2-4,6-7,9-12,17-18,22H,5,8,13-16H2,1H3,(H2,24,26,27);1H. The second-order valence-electron chi connectivity index (χ2n) is 7.57. The van der Waals surface area contributed by atoms with E-state index in [-0.39, 0.29) is 24.0 Å². The fourth-order valence-electron chi connectivity index (χ4n) is 3.88. The largest absolute Gasteiger partial charge is 0.355 e. The van der Waals surface area contributed by atoms with Crippen LogP contribution in [0.15, 0.2) is 72.2 Å². The van der Waals surface area contributed by atoms with Crippen molar-refractivity contribution in [3.05, 3.63) is 78.4 Å². The van der Waals surface area contributed by atoms with Gasteiger partial charge in [-0.25, -0.2) is 9.67 Å². The Bertz CT molecular complexity index is 926. The molecule has 7 nitrogen and oxygen atoms in total. The third-order valence-corrected chi connectivity index (χ3v) is 5.54. The van der Waals surface area contributed by atoms with Crippen molar-refractivity contribution in [3.63, 3.8) is 0 Å². The predicted molar refractivity (Wildman–Crippen MR) is 135 cm³/mol.